The van der Waals surface area contributed by atoms with Gasteiger partial charge in [-0.15, -0.1) is 0 Å². The van der Waals surface area contributed by atoms with E-state index in [2.05, 4.69) is 0 Å². The molecule has 3 aromatic rings. The van der Waals surface area contributed by atoms with Crippen molar-refractivity contribution < 1.29 is 30.8 Å². The molecular formula is C26H26FN3O6S2. The molecular weight excluding hydrogens is 533 g/mol. The SMILES string of the molecule is O=C1CN(c2c(OCc3ccccc3)cc3ccc(C4CCCN4S(=O)(=O)C4CC4)cc3c2F)S(=O)(=O)N1. The Bertz CT molecular complexity index is 1640. The summed E-state index contributed by atoms with van der Waals surface area (Å²) in [6.45, 7) is -0.105. The lowest BCUT2D eigenvalue weighted by Crippen LogP contribution is -2.33. The molecule has 1 saturated carbocycles. The minimum Gasteiger partial charge on any atom is -0.487 e. The van der Waals surface area contributed by atoms with Crippen LogP contribution in [0.1, 0.15) is 42.9 Å². The lowest BCUT2D eigenvalue weighted by atomic mass is 9.99. The van der Waals surface area contributed by atoms with Crippen LogP contribution in [0.25, 0.3) is 10.8 Å². The van der Waals surface area contributed by atoms with Gasteiger partial charge in [0.2, 0.25) is 10.0 Å². The number of carbonyl (C=O) groups excluding carboxylic acids is 1. The second-order valence-electron chi connectivity index (χ2n) is 9.84. The number of hydrogen-bond acceptors (Lipinski definition) is 6. The third-order valence-electron chi connectivity index (χ3n) is 7.21. The molecule has 6 rings (SSSR count). The van der Waals surface area contributed by atoms with Crippen molar-refractivity contribution in [2.24, 2.45) is 0 Å². The zero-order valence-electron chi connectivity index (χ0n) is 20.3. The summed E-state index contributed by atoms with van der Waals surface area (Å²) in [6.07, 6.45) is 2.63. The van der Waals surface area contributed by atoms with E-state index in [1.807, 2.05) is 35.1 Å². The molecule has 0 radical (unpaired) electrons. The maximum Gasteiger partial charge on any atom is 0.326 e. The molecule has 3 aliphatic rings. The van der Waals surface area contributed by atoms with Crippen molar-refractivity contribution in [3.8, 4) is 5.75 Å². The highest BCUT2D eigenvalue weighted by molar-refractivity contribution is 7.92. The van der Waals surface area contributed by atoms with Crippen LogP contribution in [-0.4, -0.2) is 45.4 Å². The third-order valence-corrected chi connectivity index (χ3v) is 11.0. The first-order valence-electron chi connectivity index (χ1n) is 12.4. The lowest BCUT2D eigenvalue weighted by molar-refractivity contribution is -0.117. The molecule has 1 unspecified atom stereocenters. The smallest absolute Gasteiger partial charge is 0.326 e. The quantitative estimate of drug-likeness (QED) is 0.475. The predicted octanol–water partition coefficient (Wildman–Crippen LogP) is 3.37. The second-order valence-corrected chi connectivity index (χ2v) is 13.6. The molecule has 0 bridgehead atoms. The number of nitrogens with one attached hydrogen (secondary N) is 1. The van der Waals surface area contributed by atoms with E-state index in [9.17, 15) is 21.6 Å². The second kappa shape index (κ2) is 9.21. The number of benzene rings is 3. The Labute approximate surface area is 220 Å². The lowest BCUT2D eigenvalue weighted by Gasteiger charge is -2.25. The summed E-state index contributed by atoms with van der Waals surface area (Å²) in [6, 6.07) is 15.3. The Balaban J connectivity index is 1.44. The first kappa shape index (κ1) is 25.1. The van der Waals surface area contributed by atoms with Crippen molar-refractivity contribution in [2.45, 2.75) is 43.6 Å². The maximum absolute atomic E-state index is 16.3. The first-order chi connectivity index (χ1) is 18.1. The topological polar surface area (TPSA) is 113 Å². The molecule has 12 heteroatoms. The fourth-order valence-corrected chi connectivity index (χ4v) is 8.44. The van der Waals surface area contributed by atoms with Gasteiger partial charge in [-0.1, -0.05) is 42.5 Å². The molecule has 1 N–H and O–H groups in total. The summed E-state index contributed by atoms with van der Waals surface area (Å²) in [5.41, 5.74) is 1.07. The summed E-state index contributed by atoms with van der Waals surface area (Å²) >= 11 is 0. The average molecular weight is 560 g/mol. The van der Waals surface area contributed by atoms with Gasteiger partial charge in [0.1, 0.15) is 24.6 Å². The van der Waals surface area contributed by atoms with Gasteiger partial charge in [-0.2, -0.15) is 12.7 Å². The Hall–Kier alpha value is -3.22. The molecule has 1 aliphatic carbocycles. The van der Waals surface area contributed by atoms with E-state index < -0.39 is 44.5 Å². The van der Waals surface area contributed by atoms with Crippen LogP contribution in [0.2, 0.25) is 0 Å². The number of carbonyl (C=O) groups is 1. The van der Waals surface area contributed by atoms with Gasteiger partial charge in [-0.05, 0) is 54.3 Å². The van der Waals surface area contributed by atoms with Crippen molar-refractivity contribution in [2.75, 3.05) is 17.4 Å². The molecule has 3 aromatic carbocycles. The summed E-state index contributed by atoms with van der Waals surface area (Å²) in [4.78, 5) is 12.0. The van der Waals surface area contributed by atoms with Crippen LogP contribution < -0.4 is 13.8 Å². The number of amides is 1. The van der Waals surface area contributed by atoms with E-state index in [1.165, 1.54) is 4.31 Å². The monoisotopic (exact) mass is 559 g/mol. The van der Waals surface area contributed by atoms with Crippen molar-refractivity contribution in [1.29, 1.82) is 0 Å². The standard InChI is InChI=1S/C26H26FN3O6S2/c27-25-21-13-19(22-7-4-12-29(22)37(32,33)20-10-11-20)9-8-18(21)14-23(36-16-17-5-2-1-3-6-17)26(25)30-15-24(31)28-38(30,34)35/h1-3,5-6,8-9,13-14,20,22H,4,7,10-12,15-16H2,(H,28,31). The van der Waals surface area contributed by atoms with Crippen LogP contribution in [0.3, 0.4) is 0 Å². The molecule has 2 saturated heterocycles. The van der Waals surface area contributed by atoms with Crippen molar-refractivity contribution in [3.63, 3.8) is 0 Å². The van der Waals surface area contributed by atoms with E-state index in [4.69, 9.17) is 4.74 Å². The molecule has 2 heterocycles. The predicted molar refractivity (Wildman–Crippen MR) is 140 cm³/mol. The number of nitrogens with zero attached hydrogens (tertiary/aromatic N) is 2. The number of rotatable bonds is 7. The van der Waals surface area contributed by atoms with Crippen LogP contribution in [-0.2, 0) is 31.6 Å². The summed E-state index contributed by atoms with van der Waals surface area (Å²) in [5, 5.41) is 0.236. The Morgan fingerprint density at radius 3 is 2.50 bits per heavy atom. The number of anilines is 1. The number of fused-ring (bicyclic) bond motifs is 1. The fourth-order valence-electron chi connectivity index (χ4n) is 5.20. The normalized spacial score (nSPS) is 21.7. The molecule has 1 amide bonds. The molecule has 0 aromatic heterocycles. The van der Waals surface area contributed by atoms with Gasteiger partial charge in [0.25, 0.3) is 5.91 Å². The maximum atomic E-state index is 16.3. The minimum absolute atomic E-state index is 0.0227. The van der Waals surface area contributed by atoms with Crippen LogP contribution in [0, 0.1) is 5.82 Å². The molecule has 1 atom stereocenters. The van der Waals surface area contributed by atoms with Crippen molar-refractivity contribution >= 4 is 42.6 Å². The average Bonchev–Trinajstić information content (AvgIpc) is 3.57. The molecule has 3 fully saturated rings. The van der Waals surface area contributed by atoms with Gasteiger partial charge >= 0.3 is 10.2 Å². The van der Waals surface area contributed by atoms with E-state index in [0.29, 0.717) is 47.5 Å². The van der Waals surface area contributed by atoms with E-state index >= 15 is 4.39 Å². The summed E-state index contributed by atoms with van der Waals surface area (Å²) < 4.78 is 77.6. The first-order valence-corrected chi connectivity index (χ1v) is 15.4. The van der Waals surface area contributed by atoms with Gasteiger partial charge in [0.15, 0.2) is 5.82 Å². The molecule has 38 heavy (non-hydrogen) atoms. The van der Waals surface area contributed by atoms with Gasteiger partial charge in [-0.25, -0.2) is 21.8 Å². The molecule has 9 nitrogen and oxygen atoms in total. The summed E-state index contributed by atoms with van der Waals surface area (Å²) in [7, 11) is -7.74. The Kier molecular flexibility index (Phi) is 6.08. The van der Waals surface area contributed by atoms with Crippen LogP contribution >= 0.6 is 0 Å². The molecule has 200 valence electrons. The zero-order valence-corrected chi connectivity index (χ0v) is 22.0. The van der Waals surface area contributed by atoms with Crippen LogP contribution in [0.4, 0.5) is 10.1 Å². The largest absolute Gasteiger partial charge is 0.487 e. The number of ether oxygens (including phenoxy) is 1. The minimum atomic E-state index is -4.32. The highest BCUT2D eigenvalue weighted by atomic mass is 32.2. The van der Waals surface area contributed by atoms with Crippen molar-refractivity contribution in [3.05, 3.63) is 71.5 Å². The molecule has 2 aliphatic heterocycles. The van der Waals surface area contributed by atoms with E-state index in [0.717, 1.165) is 5.56 Å². The number of sulfonamides is 1. The molecule has 0 spiro atoms. The highest BCUT2D eigenvalue weighted by Crippen LogP contribution is 2.44. The van der Waals surface area contributed by atoms with Gasteiger partial charge in [0.05, 0.1) is 5.25 Å². The van der Waals surface area contributed by atoms with E-state index in [1.54, 1.807) is 24.3 Å². The van der Waals surface area contributed by atoms with Gasteiger partial charge in [0, 0.05) is 18.0 Å². The fraction of sp³-hybridized carbons (Fsp3) is 0.346. The zero-order chi connectivity index (χ0) is 26.7. The number of hydrogen-bond donors (Lipinski definition) is 1. The van der Waals surface area contributed by atoms with Crippen LogP contribution in [0.15, 0.2) is 54.6 Å². The Morgan fingerprint density at radius 2 is 1.82 bits per heavy atom. The van der Waals surface area contributed by atoms with Gasteiger partial charge < -0.3 is 4.74 Å². The van der Waals surface area contributed by atoms with E-state index in [-0.39, 0.29) is 28.7 Å². The number of halogens is 1. The highest BCUT2D eigenvalue weighted by Gasteiger charge is 2.45. The van der Waals surface area contributed by atoms with Crippen molar-refractivity contribution in [1.82, 2.24) is 9.03 Å². The Morgan fingerprint density at radius 1 is 1.05 bits per heavy atom. The summed E-state index contributed by atoms with van der Waals surface area (Å²) in [5.74, 6) is -1.66. The third kappa shape index (κ3) is 4.40. The van der Waals surface area contributed by atoms with Gasteiger partial charge in [-0.3, -0.25) is 4.79 Å². The van der Waals surface area contributed by atoms with Crippen LogP contribution in [0.5, 0.6) is 5.75 Å².